The summed E-state index contributed by atoms with van der Waals surface area (Å²) in [7, 11) is 1.54. The lowest BCUT2D eigenvalue weighted by Crippen LogP contribution is -2.24. The molecule has 3 rings (SSSR count). The molecular formula is C20H17BrN2O3. The quantitative estimate of drug-likeness (QED) is 0.665. The molecule has 0 aliphatic heterocycles. The molecule has 3 aromatic rings. The van der Waals surface area contributed by atoms with E-state index in [4.69, 9.17) is 4.74 Å². The molecule has 5 nitrogen and oxygen atoms in total. The minimum atomic E-state index is -0.346. The Kier molecular flexibility index (Phi) is 5.53. The summed E-state index contributed by atoms with van der Waals surface area (Å²) in [6.07, 6.45) is 0. The topological polar surface area (TPSA) is 67.4 Å². The third-order valence-electron chi connectivity index (χ3n) is 3.86. The summed E-state index contributed by atoms with van der Waals surface area (Å²) >= 11 is 3.53. The number of carbonyl (C=O) groups is 2. The van der Waals surface area contributed by atoms with Gasteiger partial charge in [-0.25, -0.2) is 0 Å². The fraction of sp³-hybridized carbons (Fsp3) is 0.100. The van der Waals surface area contributed by atoms with Gasteiger partial charge in [-0.05, 0) is 44.9 Å². The Morgan fingerprint density at radius 2 is 1.73 bits per heavy atom. The van der Waals surface area contributed by atoms with Crippen molar-refractivity contribution in [3.05, 3.63) is 70.7 Å². The van der Waals surface area contributed by atoms with Crippen LogP contribution in [0.25, 0.3) is 10.8 Å². The van der Waals surface area contributed by atoms with Gasteiger partial charge in [-0.1, -0.05) is 42.5 Å². The van der Waals surface area contributed by atoms with Crippen molar-refractivity contribution in [2.45, 2.75) is 0 Å². The second-order valence-electron chi connectivity index (χ2n) is 5.56. The van der Waals surface area contributed by atoms with E-state index >= 15 is 0 Å². The molecule has 0 aliphatic rings. The number of hydrogen-bond donors (Lipinski definition) is 2. The van der Waals surface area contributed by atoms with Crippen LogP contribution in [-0.4, -0.2) is 25.5 Å². The maximum atomic E-state index is 12.2. The van der Waals surface area contributed by atoms with Crippen molar-refractivity contribution < 1.29 is 14.3 Å². The van der Waals surface area contributed by atoms with Crippen LogP contribution in [0.15, 0.2) is 65.1 Å². The van der Waals surface area contributed by atoms with Crippen LogP contribution in [0.5, 0.6) is 5.75 Å². The molecule has 6 heteroatoms. The van der Waals surface area contributed by atoms with Gasteiger partial charge in [0.25, 0.3) is 11.8 Å². The van der Waals surface area contributed by atoms with Gasteiger partial charge in [0, 0.05) is 7.05 Å². The summed E-state index contributed by atoms with van der Waals surface area (Å²) in [5.74, 6) is -0.0288. The lowest BCUT2D eigenvalue weighted by molar-refractivity contribution is -0.118. The SMILES string of the molecule is CNC(=O)c1ccccc1NC(=O)COc1ccc2ccccc2c1Br. The third-order valence-corrected chi connectivity index (χ3v) is 4.68. The Morgan fingerprint density at radius 1 is 1.00 bits per heavy atom. The van der Waals surface area contributed by atoms with E-state index in [-0.39, 0.29) is 18.4 Å². The summed E-state index contributed by atoms with van der Waals surface area (Å²) in [6, 6.07) is 18.5. The summed E-state index contributed by atoms with van der Waals surface area (Å²) < 4.78 is 6.45. The van der Waals surface area contributed by atoms with Crippen LogP contribution in [0.1, 0.15) is 10.4 Å². The molecule has 0 atom stereocenters. The Bertz CT molecular complexity index is 972. The van der Waals surface area contributed by atoms with Gasteiger partial charge < -0.3 is 15.4 Å². The first kappa shape index (κ1) is 17.9. The van der Waals surface area contributed by atoms with Crippen molar-refractivity contribution >= 4 is 44.2 Å². The van der Waals surface area contributed by atoms with Gasteiger partial charge in [-0.3, -0.25) is 9.59 Å². The molecule has 0 aliphatic carbocycles. The Morgan fingerprint density at radius 3 is 2.54 bits per heavy atom. The molecule has 2 amide bonds. The Balaban J connectivity index is 1.71. The highest BCUT2D eigenvalue weighted by Crippen LogP contribution is 2.33. The zero-order valence-electron chi connectivity index (χ0n) is 14.1. The predicted octanol–water partition coefficient (Wildman–Crippen LogP) is 3.98. The number of para-hydroxylation sites is 1. The van der Waals surface area contributed by atoms with Crippen molar-refractivity contribution in [3.63, 3.8) is 0 Å². The normalized spacial score (nSPS) is 10.4. The highest BCUT2D eigenvalue weighted by atomic mass is 79.9. The number of carbonyl (C=O) groups excluding carboxylic acids is 2. The molecule has 3 aromatic carbocycles. The largest absolute Gasteiger partial charge is 0.483 e. The zero-order valence-corrected chi connectivity index (χ0v) is 15.7. The van der Waals surface area contributed by atoms with E-state index in [1.807, 2.05) is 36.4 Å². The monoisotopic (exact) mass is 412 g/mol. The molecule has 0 bridgehead atoms. The van der Waals surface area contributed by atoms with E-state index in [1.54, 1.807) is 31.3 Å². The first-order valence-corrected chi connectivity index (χ1v) is 8.80. The summed E-state index contributed by atoms with van der Waals surface area (Å²) in [5, 5.41) is 7.35. The van der Waals surface area contributed by atoms with E-state index < -0.39 is 0 Å². The number of hydrogen-bond acceptors (Lipinski definition) is 3. The van der Waals surface area contributed by atoms with E-state index in [0.29, 0.717) is 17.0 Å². The lowest BCUT2D eigenvalue weighted by atomic mass is 10.1. The molecule has 0 saturated heterocycles. The van der Waals surface area contributed by atoms with Gasteiger partial charge in [0.2, 0.25) is 0 Å². The van der Waals surface area contributed by atoms with Crippen molar-refractivity contribution in [1.29, 1.82) is 0 Å². The van der Waals surface area contributed by atoms with Crippen molar-refractivity contribution in [2.24, 2.45) is 0 Å². The molecule has 0 spiro atoms. The van der Waals surface area contributed by atoms with Gasteiger partial charge in [0.05, 0.1) is 15.7 Å². The van der Waals surface area contributed by atoms with Crippen LogP contribution in [0, 0.1) is 0 Å². The minimum absolute atomic E-state index is 0.168. The molecule has 0 saturated carbocycles. The molecule has 0 heterocycles. The summed E-state index contributed by atoms with van der Waals surface area (Å²) in [5.41, 5.74) is 0.841. The zero-order chi connectivity index (χ0) is 18.5. The van der Waals surface area contributed by atoms with Gasteiger partial charge >= 0.3 is 0 Å². The average Bonchev–Trinajstić information content (AvgIpc) is 2.67. The average molecular weight is 413 g/mol. The number of fused-ring (bicyclic) bond motifs is 1. The van der Waals surface area contributed by atoms with Crippen LogP contribution in [0.4, 0.5) is 5.69 Å². The molecule has 26 heavy (non-hydrogen) atoms. The third kappa shape index (κ3) is 3.86. The van der Waals surface area contributed by atoms with Gasteiger partial charge in [-0.15, -0.1) is 0 Å². The van der Waals surface area contributed by atoms with Gasteiger partial charge in [-0.2, -0.15) is 0 Å². The number of nitrogens with one attached hydrogen (secondary N) is 2. The van der Waals surface area contributed by atoms with Crippen molar-refractivity contribution in [2.75, 3.05) is 19.0 Å². The molecule has 0 fully saturated rings. The van der Waals surface area contributed by atoms with Gasteiger partial charge in [0.15, 0.2) is 6.61 Å². The number of ether oxygens (including phenoxy) is 1. The number of anilines is 1. The molecule has 2 N–H and O–H groups in total. The van der Waals surface area contributed by atoms with Crippen LogP contribution < -0.4 is 15.4 Å². The van der Waals surface area contributed by atoms with Crippen LogP contribution in [-0.2, 0) is 4.79 Å². The molecule has 0 unspecified atom stereocenters. The van der Waals surface area contributed by atoms with Crippen molar-refractivity contribution in [1.82, 2.24) is 5.32 Å². The molecule has 0 aromatic heterocycles. The Hall–Kier alpha value is -2.86. The van der Waals surface area contributed by atoms with Crippen LogP contribution in [0.3, 0.4) is 0 Å². The highest BCUT2D eigenvalue weighted by molar-refractivity contribution is 9.10. The summed E-state index contributed by atoms with van der Waals surface area (Å²) in [4.78, 5) is 24.1. The first-order chi connectivity index (χ1) is 12.6. The van der Waals surface area contributed by atoms with E-state index in [0.717, 1.165) is 15.2 Å². The first-order valence-electron chi connectivity index (χ1n) is 8.01. The second-order valence-corrected chi connectivity index (χ2v) is 6.35. The number of amides is 2. The molecule has 0 radical (unpaired) electrons. The summed E-state index contributed by atoms with van der Waals surface area (Å²) in [6.45, 7) is -0.168. The van der Waals surface area contributed by atoms with Crippen LogP contribution in [0.2, 0.25) is 0 Å². The Labute approximate surface area is 159 Å². The van der Waals surface area contributed by atoms with E-state index in [9.17, 15) is 9.59 Å². The highest BCUT2D eigenvalue weighted by Gasteiger charge is 2.13. The molecule has 132 valence electrons. The maximum absolute atomic E-state index is 12.2. The fourth-order valence-electron chi connectivity index (χ4n) is 2.58. The van der Waals surface area contributed by atoms with E-state index in [1.165, 1.54) is 0 Å². The molecular weight excluding hydrogens is 396 g/mol. The predicted molar refractivity (Wildman–Crippen MR) is 106 cm³/mol. The van der Waals surface area contributed by atoms with Crippen molar-refractivity contribution in [3.8, 4) is 5.75 Å². The fourth-order valence-corrected chi connectivity index (χ4v) is 3.19. The number of benzene rings is 3. The second kappa shape index (κ2) is 8.01. The van der Waals surface area contributed by atoms with E-state index in [2.05, 4.69) is 26.6 Å². The van der Waals surface area contributed by atoms with Gasteiger partial charge in [0.1, 0.15) is 5.75 Å². The lowest BCUT2D eigenvalue weighted by Gasteiger charge is -2.12. The maximum Gasteiger partial charge on any atom is 0.262 e. The number of halogens is 1. The minimum Gasteiger partial charge on any atom is -0.483 e. The number of rotatable bonds is 5. The standard InChI is InChI=1S/C20H17BrN2O3/c1-22-20(25)15-8-4-5-9-16(15)23-18(24)12-26-17-11-10-13-6-2-3-7-14(13)19(17)21/h2-11H,12H2,1H3,(H,22,25)(H,23,24). The van der Waals surface area contributed by atoms with Crippen LogP contribution >= 0.6 is 15.9 Å². The smallest absolute Gasteiger partial charge is 0.262 e.